The first kappa shape index (κ1) is 20.3. The van der Waals surface area contributed by atoms with Gasteiger partial charge in [0, 0.05) is 23.5 Å². The summed E-state index contributed by atoms with van der Waals surface area (Å²) in [5, 5.41) is 7.54. The third kappa shape index (κ3) is 3.97. The lowest BCUT2D eigenvalue weighted by molar-refractivity contribution is -0.113. The average molecular weight is 444 g/mol. The number of carbonyl (C=O) groups excluding carboxylic acids is 1. The standard InChI is InChI=1S/C24H21N5O2S/c1-16-21-22(18-10-5-6-11-19(18)31-14-17-8-3-2-4-9-17)32-15-20(30)27-23(21)29(28-16)24-25-12-7-13-26-24/h2-13,22H,14-15H2,1H3,(H,27,30)/t22-/m1/s1. The third-order valence-corrected chi connectivity index (χ3v) is 6.44. The van der Waals surface area contributed by atoms with Crippen molar-refractivity contribution < 1.29 is 9.53 Å². The van der Waals surface area contributed by atoms with Crippen LogP contribution in [0.5, 0.6) is 5.75 Å². The van der Waals surface area contributed by atoms with Crippen LogP contribution in [0.2, 0.25) is 0 Å². The van der Waals surface area contributed by atoms with E-state index in [9.17, 15) is 4.79 Å². The molecule has 1 aliphatic heterocycles. The van der Waals surface area contributed by atoms with E-state index < -0.39 is 0 Å². The van der Waals surface area contributed by atoms with Crippen molar-refractivity contribution in [2.45, 2.75) is 18.8 Å². The number of aromatic nitrogens is 4. The number of amides is 1. The Morgan fingerprint density at radius 1 is 1.06 bits per heavy atom. The predicted molar refractivity (Wildman–Crippen MR) is 124 cm³/mol. The summed E-state index contributed by atoms with van der Waals surface area (Å²) in [7, 11) is 0. The van der Waals surface area contributed by atoms with Crippen molar-refractivity contribution in [1.29, 1.82) is 0 Å². The number of hydrogen-bond acceptors (Lipinski definition) is 6. The molecule has 0 spiro atoms. The summed E-state index contributed by atoms with van der Waals surface area (Å²) in [6, 6.07) is 19.8. The first-order valence-electron chi connectivity index (χ1n) is 10.2. The van der Waals surface area contributed by atoms with Gasteiger partial charge in [-0.3, -0.25) is 4.79 Å². The van der Waals surface area contributed by atoms with Crippen molar-refractivity contribution in [3.63, 3.8) is 0 Å². The highest BCUT2D eigenvalue weighted by Crippen LogP contribution is 2.46. The molecule has 0 fully saturated rings. The van der Waals surface area contributed by atoms with E-state index in [1.165, 1.54) is 0 Å². The number of aryl methyl sites for hydroxylation is 1. The van der Waals surface area contributed by atoms with Gasteiger partial charge in [0.2, 0.25) is 5.91 Å². The molecule has 1 amide bonds. The average Bonchev–Trinajstić information content (AvgIpc) is 3.04. The molecule has 160 valence electrons. The normalized spacial score (nSPS) is 15.5. The molecular formula is C24H21N5O2S. The van der Waals surface area contributed by atoms with Gasteiger partial charge in [-0.15, -0.1) is 11.8 Å². The maximum absolute atomic E-state index is 12.6. The molecule has 0 saturated carbocycles. The monoisotopic (exact) mass is 443 g/mol. The molecule has 1 atom stereocenters. The van der Waals surface area contributed by atoms with Crippen molar-refractivity contribution in [1.82, 2.24) is 19.7 Å². The molecule has 5 rings (SSSR count). The van der Waals surface area contributed by atoms with Crippen LogP contribution in [0.15, 0.2) is 73.1 Å². The highest BCUT2D eigenvalue weighted by molar-refractivity contribution is 8.00. The number of ether oxygens (including phenoxy) is 1. The predicted octanol–water partition coefficient (Wildman–Crippen LogP) is 4.32. The van der Waals surface area contributed by atoms with Gasteiger partial charge in [0.25, 0.3) is 5.95 Å². The highest BCUT2D eigenvalue weighted by Gasteiger charge is 2.32. The minimum atomic E-state index is -0.131. The molecule has 7 nitrogen and oxygen atoms in total. The Bertz CT molecular complexity index is 1240. The topological polar surface area (TPSA) is 81.9 Å². The lowest BCUT2D eigenvalue weighted by Gasteiger charge is -2.19. The molecule has 0 saturated heterocycles. The molecule has 1 N–H and O–H groups in total. The second kappa shape index (κ2) is 8.84. The fraction of sp³-hybridized carbons (Fsp3) is 0.167. The molecular weight excluding hydrogens is 422 g/mol. The Labute approximate surface area is 189 Å². The van der Waals surface area contributed by atoms with Crippen molar-refractivity contribution in [3.8, 4) is 11.7 Å². The largest absolute Gasteiger partial charge is 0.489 e. The van der Waals surface area contributed by atoms with E-state index in [1.54, 1.807) is 34.9 Å². The van der Waals surface area contributed by atoms with Crippen LogP contribution in [0.25, 0.3) is 5.95 Å². The summed E-state index contributed by atoms with van der Waals surface area (Å²) >= 11 is 1.56. The zero-order valence-electron chi connectivity index (χ0n) is 17.4. The first-order valence-corrected chi connectivity index (χ1v) is 11.3. The molecule has 2 aromatic heterocycles. The SMILES string of the molecule is Cc1nn(-c2ncccn2)c2c1[C@@H](c1ccccc1OCc1ccccc1)SCC(=O)N2. The molecule has 0 aliphatic carbocycles. The van der Waals surface area contributed by atoms with Crippen LogP contribution in [-0.4, -0.2) is 31.4 Å². The van der Waals surface area contributed by atoms with Gasteiger partial charge >= 0.3 is 0 Å². The van der Waals surface area contributed by atoms with Gasteiger partial charge in [-0.1, -0.05) is 48.5 Å². The minimum absolute atomic E-state index is 0.0847. The van der Waals surface area contributed by atoms with Crippen LogP contribution in [0.3, 0.4) is 0 Å². The second-order valence-electron chi connectivity index (χ2n) is 7.36. The number of carbonyl (C=O) groups is 1. The zero-order chi connectivity index (χ0) is 21.9. The number of anilines is 1. The van der Waals surface area contributed by atoms with Gasteiger partial charge in [0.15, 0.2) is 0 Å². The van der Waals surface area contributed by atoms with Crippen LogP contribution in [0.1, 0.15) is 27.6 Å². The Kier molecular flexibility index (Phi) is 5.60. The summed E-state index contributed by atoms with van der Waals surface area (Å²) < 4.78 is 7.83. The van der Waals surface area contributed by atoms with Crippen LogP contribution < -0.4 is 10.1 Å². The number of hydrogen-bond donors (Lipinski definition) is 1. The lowest BCUT2D eigenvalue weighted by Crippen LogP contribution is -2.16. The molecule has 0 bridgehead atoms. The summed E-state index contributed by atoms with van der Waals surface area (Å²) in [6.45, 7) is 2.41. The number of fused-ring (bicyclic) bond motifs is 1. The second-order valence-corrected chi connectivity index (χ2v) is 8.45. The van der Waals surface area contributed by atoms with E-state index in [0.717, 1.165) is 28.1 Å². The number of rotatable bonds is 5. The molecule has 8 heteroatoms. The van der Waals surface area contributed by atoms with Gasteiger partial charge in [0.05, 0.1) is 16.7 Å². The molecule has 0 unspecified atom stereocenters. The molecule has 1 aliphatic rings. The fourth-order valence-corrected chi connectivity index (χ4v) is 4.95. The van der Waals surface area contributed by atoms with Crippen molar-refractivity contribution in [3.05, 3.63) is 95.4 Å². The van der Waals surface area contributed by atoms with Crippen LogP contribution in [-0.2, 0) is 11.4 Å². The number of benzene rings is 2. The van der Waals surface area contributed by atoms with Crippen molar-refractivity contribution in [2.75, 3.05) is 11.1 Å². The lowest BCUT2D eigenvalue weighted by atomic mass is 10.0. The Hall–Kier alpha value is -3.65. The summed E-state index contributed by atoms with van der Waals surface area (Å²) in [5.74, 6) is 2.04. The maximum atomic E-state index is 12.6. The van der Waals surface area contributed by atoms with Gasteiger partial charge in [-0.25, -0.2) is 9.97 Å². The molecule has 32 heavy (non-hydrogen) atoms. The Balaban J connectivity index is 1.56. The molecule has 2 aromatic carbocycles. The quantitative estimate of drug-likeness (QED) is 0.495. The van der Waals surface area contributed by atoms with Gasteiger partial charge < -0.3 is 10.1 Å². The van der Waals surface area contributed by atoms with E-state index in [-0.39, 0.29) is 11.2 Å². The Morgan fingerprint density at radius 2 is 1.81 bits per heavy atom. The van der Waals surface area contributed by atoms with E-state index >= 15 is 0 Å². The molecule has 0 radical (unpaired) electrons. The van der Waals surface area contributed by atoms with E-state index in [4.69, 9.17) is 4.74 Å². The first-order chi connectivity index (χ1) is 15.7. The number of para-hydroxylation sites is 1. The summed E-state index contributed by atoms with van der Waals surface area (Å²) in [5.41, 5.74) is 3.84. The zero-order valence-corrected chi connectivity index (χ0v) is 18.2. The Morgan fingerprint density at radius 3 is 2.62 bits per heavy atom. The third-order valence-electron chi connectivity index (χ3n) is 5.19. The summed E-state index contributed by atoms with van der Waals surface area (Å²) in [6.07, 6.45) is 3.31. The highest BCUT2D eigenvalue weighted by atomic mass is 32.2. The van der Waals surface area contributed by atoms with Crippen molar-refractivity contribution >= 4 is 23.5 Å². The van der Waals surface area contributed by atoms with E-state index in [2.05, 4.69) is 20.4 Å². The summed E-state index contributed by atoms with van der Waals surface area (Å²) in [4.78, 5) is 21.2. The molecule has 4 aromatic rings. The maximum Gasteiger partial charge on any atom is 0.252 e. The van der Waals surface area contributed by atoms with Gasteiger partial charge in [-0.2, -0.15) is 9.78 Å². The van der Waals surface area contributed by atoms with Crippen LogP contribution in [0.4, 0.5) is 5.82 Å². The van der Waals surface area contributed by atoms with Gasteiger partial charge in [-0.05, 0) is 24.6 Å². The van der Waals surface area contributed by atoms with Crippen LogP contribution >= 0.6 is 11.8 Å². The number of thioether (sulfide) groups is 1. The fourth-order valence-electron chi connectivity index (χ4n) is 3.74. The number of nitrogens with zero attached hydrogens (tertiary/aromatic N) is 4. The minimum Gasteiger partial charge on any atom is -0.489 e. The van der Waals surface area contributed by atoms with E-state index in [1.807, 2.05) is 61.5 Å². The van der Waals surface area contributed by atoms with E-state index in [0.29, 0.717) is 24.1 Å². The number of nitrogens with one attached hydrogen (secondary N) is 1. The smallest absolute Gasteiger partial charge is 0.252 e. The van der Waals surface area contributed by atoms with Crippen molar-refractivity contribution in [2.24, 2.45) is 0 Å². The van der Waals surface area contributed by atoms with Gasteiger partial charge in [0.1, 0.15) is 18.2 Å². The molecule has 3 heterocycles. The van der Waals surface area contributed by atoms with Crippen LogP contribution in [0, 0.1) is 6.92 Å².